The van der Waals surface area contributed by atoms with Crippen molar-refractivity contribution in [2.24, 2.45) is 5.92 Å². The van der Waals surface area contributed by atoms with E-state index in [1.807, 2.05) is 55.6 Å². The van der Waals surface area contributed by atoms with Crippen molar-refractivity contribution >= 4 is 72.9 Å². The van der Waals surface area contributed by atoms with Crippen LogP contribution in [-0.2, 0) is 45.5 Å². The SMILES string of the molecule is CCN(C(=O)Cn1c(C(=O)NC2CCC(C(=O)NCCCCCCCC(=O)ON3C(=O)CC(S(=O)(=O)[O-])C3=O)CC2)cc2sccc21)c1cccc(C)c1.[Na+]. The Morgan fingerprint density at radius 2 is 1.71 bits per heavy atom. The molecule has 15 nitrogen and oxygen atoms in total. The fourth-order valence-corrected chi connectivity index (χ4v) is 8.46. The molecule has 3 heterocycles. The molecule has 0 radical (unpaired) electrons. The predicted octanol–water partition coefficient (Wildman–Crippen LogP) is 0.945. The first kappa shape index (κ1) is 44.1. The van der Waals surface area contributed by atoms with Crippen molar-refractivity contribution in [3.8, 4) is 0 Å². The van der Waals surface area contributed by atoms with E-state index in [1.165, 1.54) is 11.3 Å². The number of hydrogen-bond donors (Lipinski definition) is 2. The van der Waals surface area contributed by atoms with Crippen molar-refractivity contribution in [3.05, 3.63) is 53.0 Å². The first-order chi connectivity index (χ1) is 25.8. The summed E-state index contributed by atoms with van der Waals surface area (Å²) in [6.07, 6.45) is 5.05. The minimum atomic E-state index is -5.03. The van der Waals surface area contributed by atoms with Gasteiger partial charge in [-0.15, -0.1) is 16.4 Å². The van der Waals surface area contributed by atoms with E-state index in [0.717, 1.165) is 40.7 Å². The maximum atomic E-state index is 13.6. The molecule has 5 amide bonds. The fraction of sp³-hybridized carbons (Fsp3) is 0.514. The van der Waals surface area contributed by atoms with E-state index in [0.29, 0.717) is 57.3 Å². The van der Waals surface area contributed by atoms with Crippen molar-refractivity contribution in [1.29, 1.82) is 0 Å². The Morgan fingerprint density at radius 1 is 1.00 bits per heavy atom. The van der Waals surface area contributed by atoms with Gasteiger partial charge >= 0.3 is 35.5 Å². The van der Waals surface area contributed by atoms with Gasteiger partial charge in [0.15, 0.2) is 0 Å². The molecule has 0 bridgehead atoms. The van der Waals surface area contributed by atoms with E-state index >= 15 is 0 Å². The first-order valence-electron chi connectivity index (χ1n) is 18.3. The zero-order chi connectivity index (χ0) is 39.0. The molecule has 2 aliphatic rings. The molecule has 2 fully saturated rings. The zero-order valence-corrected chi connectivity index (χ0v) is 35.0. The molecule has 1 unspecified atom stereocenters. The molecular weight excluding hydrogens is 762 g/mol. The van der Waals surface area contributed by atoms with Gasteiger partial charge in [0.25, 0.3) is 17.7 Å². The summed E-state index contributed by atoms with van der Waals surface area (Å²) in [6, 6.07) is 11.5. The van der Waals surface area contributed by atoms with Crippen LogP contribution in [0, 0.1) is 12.8 Å². The van der Waals surface area contributed by atoms with E-state index in [4.69, 9.17) is 4.84 Å². The molecule has 18 heteroatoms. The number of thiophene rings is 1. The van der Waals surface area contributed by atoms with Crippen LogP contribution in [0.2, 0.25) is 0 Å². The van der Waals surface area contributed by atoms with Crippen LogP contribution in [0.1, 0.15) is 93.6 Å². The second-order valence-electron chi connectivity index (χ2n) is 13.8. The number of nitrogens with one attached hydrogen (secondary N) is 2. The van der Waals surface area contributed by atoms with Gasteiger partial charge < -0.3 is 29.5 Å². The Balaban J connectivity index is 0.00000673. The van der Waals surface area contributed by atoms with E-state index in [2.05, 4.69) is 10.6 Å². The minimum Gasteiger partial charge on any atom is -0.747 e. The van der Waals surface area contributed by atoms with E-state index < -0.39 is 39.6 Å². The summed E-state index contributed by atoms with van der Waals surface area (Å²) in [5, 5.41) is 6.08. The average molecular weight is 808 g/mol. The number of fused-ring (bicyclic) bond motifs is 1. The van der Waals surface area contributed by atoms with Crippen LogP contribution in [0.3, 0.4) is 0 Å². The Labute approximate surface area is 346 Å². The number of unbranched alkanes of at least 4 members (excludes halogenated alkanes) is 4. The topological polar surface area (TPSA) is 204 Å². The monoisotopic (exact) mass is 807 g/mol. The summed E-state index contributed by atoms with van der Waals surface area (Å²) < 4.78 is 36.0. The molecule has 2 N–H and O–H groups in total. The number of anilines is 1. The van der Waals surface area contributed by atoms with Gasteiger partial charge in [0.05, 0.1) is 16.6 Å². The number of likely N-dealkylation sites (N-methyl/N-ethyl adjacent to an activating group) is 1. The van der Waals surface area contributed by atoms with Crippen LogP contribution in [0.5, 0.6) is 0 Å². The molecule has 292 valence electrons. The fourth-order valence-electron chi connectivity index (χ4n) is 6.95. The van der Waals surface area contributed by atoms with Gasteiger partial charge in [-0.25, -0.2) is 13.2 Å². The van der Waals surface area contributed by atoms with Gasteiger partial charge in [-0.3, -0.25) is 24.0 Å². The molecule has 1 aliphatic heterocycles. The quantitative estimate of drug-likeness (QED) is 0.0856. The molecular formula is C37H46N5NaO10S2. The van der Waals surface area contributed by atoms with Gasteiger partial charge in [-0.2, -0.15) is 0 Å². The predicted molar refractivity (Wildman–Crippen MR) is 199 cm³/mol. The molecule has 1 saturated heterocycles. The van der Waals surface area contributed by atoms with Crippen molar-refractivity contribution < 1.29 is 76.1 Å². The largest absolute Gasteiger partial charge is 1.00 e. The van der Waals surface area contributed by atoms with Gasteiger partial charge in [-0.1, -0.05) is 31.4 Å². The summed E-state index contributed by atoms with van der Waals surface area (Å²) in [5.74, 6) is -3.78. The number of carbonyl (C=O) groups is 6. The zero-order valence-electron chi connectivity index (χ0n) is 31.4. The number of aryl methyl sites for hydroxylation is 1. The Kier molecular flexibility index (Phi) is 16.0. The van der Waals surface area contributed by atoms with Crippen LogP contribution in [0.15, 0.2) is 41.8 Å². The molecule has 55 heavy (non-hydrogen) atoms. The van der Waals surface area contributed by atoms with Gasteiger partial charge in [0, 0.05) is 37.2 Å². The number of hydrogen-bond acceptors (Lipinski definition) is 11. The Hall–Kier alpha value is -3.61. The number of imide groups is 1. The van der Waals surface area contributed by atoms with Crippen molar-refractivity contribution in [3.63, 3.8) is 0 Å². The minimum absolute atomic E-state index is 0. The standard InChI is InChI=1S/C37H47N5O10S2.Na/c1-3-40(27-11-9-10-24(2)20-27)33(44)23-41-28-17-19-53-30(28)21-29(41)36(47)39-26-15-13-25(14-16-26)35(46)38-18-8-6-4-5-7-12-34(45)52-42-32(43)22-31(37(42)48)54(49,50)51;/h9-11,17,19-21,25-26,31H,3-8,12-16,18,22-23H2,1-2H3,(H,38,46)(H,39,47)(H,49,50,51);/q;+1/p-1. The summed E-state index contributed by atoms with van der Waals surface area (Å²) >= 11 is 1.52. The molecule has 1 saturated carbocycles. The third kappa shape index (κ3) is 11.5. The number of hydroxylamine groups is 2. The van der Waals surface area contributed by atoms with Crippen LogP contribution in [0.25, 0.3) is 10.2 Å². The summed E-state index contributed by atoms with van der Waals surface area (Å²) in [5.41, 5.74) is 3.15. The van der Waals surface area contributed by atoms with Gasteiger partial charge in [0.2, 0.25) is 11.8 Å². The molecule has 2 aromatic heterocycles. The van der Waals surface area contributed by atoms with Crippen molar-refractivity contribution in [2.75, 3.05) is 18.0 Å². The van der Waals surface area contributed by atoms with Crippen molar-refractivity contribution in [2.45, 2.75) is 102 Å². The van der Waals surface area contributed by atoms with Crippen molar-refractivity contribution in [1.82, 2.24) is 20.3 Å². The molecule has 1 atom stereocenters. The molecule has 1 aliphatic carbocycles. The normalized spacial score (nSPS) is 18.5. The van der Waals surface area contributed by atoms with Gasteiger partial charge in [-0.05, 0) is 87.6 Å². The first-order valence-corrected chi connectivity index (χ1v) is 20.7. The smallest absolute Gasteiger partial charge is 0.747 e. The second-order valence-corrected chi connectivity index (χ2v) is 16.3. The summed E-state index contributed by atoms with van der Waals surface area (Å²) in [4.78, 5) is 82.1. The number of benzene rings is 1. The Bertz CT molecular complexity index is 1990. The number of rotatable bonds is 17. The number of amides is 5. The van der Waals surface area contributed by atoms with Crippen LogP contribution in [-0.4, -0.2) is 82.5 Å². The van der Waals surface area contributed by atoms with E-state index in [9.17, 15) is 41.7 Å². The van der Waals surface area contributed by atoms with E-state index in [-0.39, 0.29) is 77.3 Å². The maximum absolute atomic E-state index is 13.6. The van der Waals surface area contributed by atoms with Gasteiger partial charge in [0.1, 0.15) is 27.6 Å². The summed E-state index contributed by atoms with van der Waals surface area (Å²) in [7, 11) is -5.03. The number of carbonyl (C=O) groups excluding carboxylic acids is 6. The third-order valence-corrected chi connectivity index (χ3v) is 11.8. The summed E-state index contributed by atoms with van der Waals surface area (Å²) in [6.45, 7) is 4.94. The average Bonchev–Trinajstić information content (AvgIpc) is 3.81. The van der Waals surface area contributed by atoms with Crippen LogP contribution in [0.4, 0.5) is 5.69 Å². The molecule has 0 spiro atoms. The molecule has 5 rings (SSSR count). The molecule has 3 aromatic rings. The van der Waals surface area contributed by atoms with Crippen LogP contribution >= 0.6 is 11.3 Å². The third-order valence-electron chi connectivity index (χ3n) is 9.87. The number of aromatic nitrogens is 1. The number of nitrogens with zero attached hydrogens (tertiary/aromatic N) is 3. The van der Waals surface area contributed by atoms with Crippen LogP contribution < -0.4 is 45.1 Å². The Morgan fingerprint density at radius 3 is 2.38 bits per heavy atom. The maximum Gasteiger partial charge on any atom is 1.00 e. The second kappa shape index (κ2) is 20.0. The van der Waals surface area contributed by atoms with E-state index in [1.54, 1.807) is 9.47 Å². The molecule has 1 aromatic carbocycles.